The molecule has 6 nitrogen and oxygen atoms in total. The molecular weight excluding hydrogens is 435 g/mol. The molecule has 0 radical (unpaired) electrons. The smallest absolute Gasteiger partial charge is 0.257 e. The standard InChI is InChI=1S/C24H20F3N3O3/c25-17-8-14(13-28)7-16(11-17)22(31)29-5-3-24(4-6-29)23(32)30-20(1-2-21(30)33-24)15-9-18(26)12-19(27)10-15/h7-12,20-21H,1-6H2/t20-,21+/m0/s1. The summed E-state index contributed by atoms with van der Waals surface area (Å²) in [7, 11) is 0. The third-order valence-corrected chi connectivity index (χ3v) is 6.72. The van der Waals surface area contributed by atoms with Gasteiger partial charge in [0.05, 0.1) is 17.7 Å². The molecule has 3 aliphatic rings. The zero-order valence-corrected chi connectivity index (χ0v) is 17.6. The SMILES string of the molecule is N#Cc1cc(F)cc(C(=O)N2CCC3(CC2)O[C@@H]2CC[C@@H](c4cc(F)cc(F)c4)N2C3=O)c1. The second kappa shape index (κ2) is 7.89. The van der Waals surface area contributed by atoms with Gasteiger partial charge in [0, 0.05) is 37.6 Å². The molecule has 3 aliphatic heterocycles. The number of carbonyl (C=O) groups excluding carboxylic acids is 2. The number of piperidine rings is 1. The van der Waals surface area contributed by atoms with Crippen molar-refractivity contribution in [2.75, 3.05) is 13.1 Å². The van der Waals surface area contributed by atoms with Crippen LogP contribution >= 0.6 is 0 Å². The van der Waals surface area contributed by atoms with Crippen LogP contribution in [0, 0.1) is 28.8 Å². The summed E-state index contributed by atoms with van der Waals surface area (Å²) in [5, 5.41) is 9.02. The minimum Gasteiger partial charge on any atom is -0.342 e. The van der Waals surface area contributed by atoms with Crippen molar-refractivity contribution < 1.29 is 27.5 Å². The molecule has 3 fully saturated rings. The van der Waals surface area contributed by atoms with Crippen molar-refractivity contribution in [1.82, 2.24) is 9.80 Å². The molecule has 9 heteroatoms. The van der Waals surface area contributed by atoms with Crippen molar-refractivity contribution in [1.29, 1.82) is 5.26 Å². The van der Waals surface area contributed by atoms with Crippen LogP contribution in [0.25, 0.3) is 0 Å². The highest BCUT2D eigenvalue weighted by Gasteiger charge is 2.58. The first kappa shape index (κ1) is 21.5. The number of hydrogen-bond acceptors (Lipinski definition) is 4. The molecule has 2 atom stereocenters. The number of halogens is 3. The molecule has 0 aliphatic carbocycles. The highest BCUT2D eigenvalue weighted by Crippen LogP contribution is 2.47. The fourth-order valence-electron chi connectivity index (χ4n) is 5.17. The Labute approximate surface area is 188 Å². The van der Waals surface area contributed by atoms with Gasteiger partial charge in [0.2, 0.25) is 0 Å². The van der Waals surface area contributed by atoms with Crippen LogP contribution in [-0.2, 0) is 9.53 Å². The number of fused-ring (bicyclic) bond motifs is 1. The van der Waals surface area contributed by atoms with Gasteiger partial charge in [-0.05, 0) is 48.7 Å². The van der Waals surface area contributed by atoms with E-state index in [1.54, 1.807) is 4.90 Å². The number of likely N-dealkylation sites (tertiary alicyclic amines) is 1. The summed E-state index contributed by atoms with van der Waals surface area (Å²) in [6.45, 7) is 0.450. The predicted octanol–water partition coefficient (Wildman–Crippen LogP) is 3.67. The summed E-state index contributed by atoms with van der Waals surface area (Å²) in [6.07, 6.45) is 1.14. The topological polar surface area (TPSA) is 73.6 Å². The third kappa shape index (κ3) is 3.64. The van der Waals surface area contributed by atoms with Crippen LogP contribution in [0.15, 0.2) is 36.4 Å². The highest BCUT2D eigenvalue weighted by atomic mass is 19.1. The number of ether oxygens (including phenoxy) is 1. The van der Waals surface area contributed by atoms with Crippen LogP contribution in [0.4, 0.5) is 13.2 Å². The zero-order chi connectivity index (χ0) is 23.3. The molecule has 0 N–H and O–H groups in total. The van der Waals surface area contributed by atoms with Crippen LogP contribution in [0.5, 0.6) is 0 Å². The van der Waals surface area contributed by atoms with E-state index in [9.17, 15) is 22.8 Å². The van der Waals surface area contributed by atoms with E-state index in [0.29, 0.717) is 18.4 Å². The summed E-state index contributed by atoms with van der Waals surface area (Å²) in [6, 6.07) is 8.12. The molecule has 2 aromatic carbocycles. The summed E-state index contributed by atoms with van der Waals surface area (Å²) < 4.78 is 47.4. The molecular formula is C24H20F3N3O3. The van der Waals surface area contributed by atoms with E-state index in [1.807, 2.05) is 6.07 Å². The Kier molecular flexibility index (Phi) is 5.13. The summed E-state index contributed by atoms with van der Waals surface area (Å²) >= 11 is 0. The second-order valence-electron chi connectivity index (χ2n) is 8.71. The quantitative estimate of drug-likeness (QED) is 0.693. The zero-order valence-electron chi connectivity index (χ0n) is 17.6. The van der Waals surface area contributed by atoms with Gasteiger partial charge >= 0.3 is 0 Å². The van der Waals surface area contributed by atoms with Crippen LogP contribution in [0.3, 0.4) is 0 Å². The highest BCUT2D eigenvalue weighted by molar-refractivity contribution is 5.95. The number of carbonyl (C=O) groups is 2. The number of rotatable bonds is 2. The Morgan fingerprint density at radius 2 is 1.67 bits per heavy atom. The molecule has 0 saturated carbocycles. The van der Waals surface area contributed by atoms with E-state index in [1.165, 1.54) is 23.1 Å². The van der Waals surface area contributed by atoms with Crippen LogP contribution in [0.1, 0.15) is 53.2 Å². The van der Waals surface area contributed by atoms with Gasteiger partial charge in [0.25, 0.3) is 11.8 Å². The van der Waals surface area contributed by atoms with Crippen molar-refractivity contribution in [3.8, 4) is 6.07 Å². The lowest BCUT2D eigenvalue weighted by molar-refractivity contribution is -0.142. The molecule has 1 spiro atoms. The average Bonchev–Trinajstić information content (AvgIpc) is 3.31. The van der Waals surface area contributed by atoms with Crippen molar-refractivity contribution in [2.45, 2.75) is 43.6 Å². The number of benzene rings is 2. The Hall–Kier alpha value is -3.38. The molecule has 2 aromatic rings. The predicted molar refractivity (Wildman–Crippen MR) is 109 cm³/mol. The molecule has 2 amide bonds. The van der Waals surface area contributed by atoms with E-state index in [4.69, 9.17) is 10.00 Å². The van der Waals surface area contributed by atoms with E-state index < -0.39 is 41.2 Å². The van der Waals surface area contributed by atoms with Crippen LogP contribution in [-0.4, -0.2) is 46.5 Å². The number of nitriles is 1. The molecule has 3 saturated heterocycles. The molecule has 170 valence electrons. The lowest BCUT2D eigenvalue weighted by atomic mass is 9.89. The maximum atomic E-state index is 13.8. The fourth-order valence-corrected chi connectivity index (χ4v) is 5.17. The van der Waals surface area contributed by atoms with Gasteiger partial charge in [-0.25, -0.2) is 13.2 Å². The van der Waals surface area contributed by atoms with Crippen molar-refractivity contribution >= 4 is 11.8 Å². The lowest BCUT2D eigenvalue weighted by Gasteiger charge is -2.37. The van der Waals surface area contributed by atoms with Crippen molar-refractivity contribution in [2.24, 2.45) is 0 Å². The summed E-state index contributed by atoms with van der Waals surface area (Å²) in [5.41, 5.74) is -0.557. The number of hydrogen-bond donors (Lipinski definition) is 0. The molecule has 0 unspecified atom stereocenters. The first-order valence-corrected chi connectivity index (χ1v) is 10.8. The molecule has 0 aromatic heterocycles. The monoisotopic (exact) mass is 455 g/mol. The van der Waals surface area contributed by atoms with Gasteiger partial charge in [-0.3, -0.25) is 9.59 Å². The molecule has 3 heterocycles. The van der Waals surface area contributed by atoms with Crippen LogP contribution < -0.4 is 0 Å². The van der Waals surface area contributed by atoms with Gasteiger partial charge in [-0.15, -0.1) is 0 Å². The van der Waals surface area contributed by atoms with Gasteiger partial charge in [-0.1, -0.05) is 0 Å². The molecule has 33 heavy (non-hydrogen) atoms. The molecule has 5 rings (SSSR count). The van der Waals surface area contributed by atoms with Gasteiger partial charge in [-0.2, -0.15) is 5.26 Å². The Balaban J connectivity index is 1.32. The maximum Gasteiger partial charge on any atom is 0.257 e. The van der Waals surface area contributed by atoms with Gasteiger partial charge < -0.3 is 14.5 Å². The first-order valence-electron chi connectivity index (χ1n) is 10.8. The summed E-state index contributed by atoms with van der Waals surface area (Å²) in [5.74, 6) is -2.70. The molecule has 0 bridgehead atoms. The van der Waals surface area contributed by atoms with Crippen molar-refractivity contribution in [3.05, 3.63) is 70.5 Å². The van der Waals surface area contributed by atoms with E-state index in [-0.39, 0.29) is 43.0 Å². The van der Waals surface area contributed by atoms with E-state index in [2.05, 4.69) is 0 Å². The normalized spacial score (nSPS) is 23.6. The fraction of sp³-hybridized carbons (Fsp3) is 0.375. The van der Waals surface area contributed by atoms with Crippen LogP contribution in [0.2, 0.25) is 0 Å². The second-order valence-corrected chi connectivity index (χ2v) is 8.71. The Bertz CT molecular complexity index is 1170. The maximum absolute atomic E-state index is 13.8. The minimum atomic E-state index is -1.09. The number of nitrogens with zero attached hydrogens (tertiary/aromatic N) is 3. The first-order chi connectivity index (χ1) is 15.8. The van der Waals surface area contributed by atoms with E-state index in [0.717, 1.165) is 18.2 Å². The van der Waals surface area contributed by atoms with E-state index >= 15 is 0 Å². The third-order valence-electron chi connectivity index (χ3n) is 6.72. The van der Waals surface area contributed by atoms with Gasteiger partial charge in [0.15, 0.2) is 5.60 Å². The number of amides is 2. The summed E-state index contributed by atoms with van der Waals surface area (Å²) in [4.78, 5) is 29.4. The van der Waals surface area contributed by atoms with Gasteiger partial charge in [0.1, 0.15) is 23.7 Å². The minimum absolute atomic E-state index is 0.0570. The average molecular weight is 455 g/mol. The lowest BCUT2D eigenvalue weighted by Crippen LogP contribution is -2.51. The van der Waals surface area contributed by atoms with Crippen molar-refractivity contribution in [3.63, 3.8) is 0 Å². The Morgan fingerprint density at radius 3 is 2.33 bits per heavy atom. The largest absolute Gasteiger partial charge is 0.342 e. The Morgan fingerprint density at radius 1 is 1.00 bits per heavy atom.